The third-order valence-corrected chi connectivity index (χ3v) is 6.30. The highest BCUT2D eigenvalue weighted by molar-refractivity contribution is 5.85. The van der Waals surface area contributed by atoms with Crippen LogP contribution in [0.25, 0.3) is 0 Å². The molecule has 1 aliphatic heterocycles. The van der Waals surface area contributed by atoms with E-state index in [2.05, 4.69) is 59.2 Å². The second-order valence-corrected chi connectivity index (χ2v) is 8.02. The minimum absolute atomic E-state index is 0. The maximum absolute atomic E-state index is 5.66. The summed E-state index contributed by atoms with van der Waals surface area (Å²) in [6.45, 7) is 1.96. The summed E-state index contributed by atoms with van der Waals surface area (Å²) in [6, 6.07) is 18.5. The number of halogens is 1. The van der Waals surface area contributed by atoms with Crippen molar-refractivity contribution in [3.8, 4) is 5.75 Å². The monoisotopic (exact) mass is 400 g/mol. The predicted molar refractivity (Wildman–Crippen MR) is 118 cm³/mol. The Morgan fingerprint density at radius 1 is 0.964 bits per heavy atom. The molecule has 1 saturated heterocycles. The van der Waals surface area contributed by atoms with E-state index in [1.807, 2.05) is 0 Å². The lowest BCUT2D eigenvalue weighted by atomic mass is 9.91. The van der Waals surface area contributed by atoms with Crippen LogP contribution in [0.5, 0.6) is 5.75 Å². The predicted octanol–water partition coefficient (Wildman–Crippen LogP) is 5.36. The summed E-state index contributed by atoms with van der Waals surface area (Å²) in [4.78, 5) is 0. The number of hydrogen-bond donors (Lipinski definition) is 2. The van der Waals surface area contributed by atoms with Gasteiger partial charge in [-0.1, -0.05) is 55.3 Å². The molecule has 3 nitrogen and oxygen atoms in total. The summed E-state index contributed by atoms with van der Waals surface area (Å²) < 4.78 is 5.66. The molecule has 152 valence electrons. The Kier molecular flexibility index (Phi) is 7.78. The van der Waals surface area contributed by atoms with Gasteiger partial charge < -0.3 is 15.4 Å². The standard InChI is InChI=1S/C24H32N2O.ClH/c1-27-23-14-13-20(18-8-5-6-9-18)16-21(23)17-26-22-12-7-15-25-24(22)19-10-3-2-4-11-19;/h2-4,10-11,13-14,16,18,22,24-26H,5-9,12,15,17H2,1H3;1H/t22-,24-;/m1./s1. The summed E-state index contributed by atoms with van der Waals surface area (Å²) in [5.41, 5.74) is 4.16. The normalized spacial score (nSPS) is 22.6. The zero-order valence-corrected chi connectivity index (χ0v) is 17.6. The molecule has 0 bridgehead atoms. The lowest BCUT2D eigenvalue weighted by Crippen LogP contribution is -2.45. The number of nitrogens with one attached hydrogen (secondary N) is 2. The quantitative estimate of drug-likeness (QED) is 0.684. The summed E-state index contributed by atoms with van der Waals surface area (Å²) >= 11 is 0. The smallest absolute Gasteiger partial charge is 0.123 e. The van der Waals surface area contributed by atoms with Gasteiger partial charge in [0.25, 0.3) is 0 Å². The summed E-state index contributed by atoms with van der Waals surface area (Å²) in [5.74, 6) is 1.74. The number of piperidine rings is 1. The number of hydrogen-bond acceptors (Lipinski definition) is 3. The van der Waals surface area contributed by atoms with E-state index < -0.39 is 0 Å². The fraction of sp³-hybridized carbons (Fsp3) is 0.500. The first-order valence-corrected chi connectivity index (χ1v) is 10.5. The molecular formula is C24H33ClN2O. The first-order valence-electron chi connectivity index (χ1n) is 10.5. The molecule has 0 radical (unpaired) electrons. The molecule has 2 atom stereocenters. The van der Waals surface area contributed by atoms with E-state index in [0.717, 1.165) is 24.8 Å². The van der Waals surface area contributed by atoms with E-state index in [-0.39, 0.29) is 12.4 Å². The van der Waals surface area contributed by atoms with Gasteiger partial charge in [-0.3, -0.25) is 0 Å². The minimum atomic E-state index is 0. The first kappa shape index (κ1) is 21.2. The van der Waals surface area contributed by atoms with Gasteiger partial charge in [0, 0.05) is 24.2 Å². The largest absolute Gasteiger partial charge is 0.496 e. The molecule has 2 aliphatic rings. The van der Waals surface area contributed by atoms with Crippen molar-refractivity contribution >= 4 is 12.4 Å². The molecule has 1 aliphatic carbocycles. The fourth-order valence-electron chi connectivity index (χ4n) is 4.81. The van der Waals surface area contributed by atoms with E-state index >= 15 is 0 Å². The lowest BCUT2D eigenvalue weighted by molar-refractivity contribution is 0.303. The van der Waals surface area contributed by atoms with Crippen LogP contribution in [-0.4, -0.2) is 19.7 Å². The van der Waals surface area contributed by atoms with Crippen molar-refractivity contribution < 1.29 is 4.74 Å². The molecule has 2 N–H and O–H groups in total. The number of rotatable bonds is 6. The van der Waals surface area contributed by atoms with E-state index in [1.54, 1.807) is 7.11 Å². The SMILES string of the molecule is COc1ccc(C2CCCC2)cc1CN[C@@H]1CCCN[C@@H]1c1ccccc1.Cl. The molecule has 0 unspecified atom stereocenters. The van der Waals surface area contributed by atoms with Crippen LogP contribution in [0.4, 0.5) is 0 Å². The highest BCUT2D eigenvalue weighted by Gasteiger charge is 2.26. The number of ether oxygens (including phenoxy) is 1. The van der Waals surface area contributed by atoms with E-state index in [9.17, 15) is 0 Å². The molecular weight excluding hydrogens is 368 g/mol. The molecule has 0 amide bonds. The van der Waals surface area contributed by atoms with Crippen molar-refractivity contribution in [2.45, 2.75) is 63.1 Å². The van der Waals surface area contributed by atoms with Gasteiger partial charge in [-0.15, -0.1) is 12.4 Å². The molecule has 4 rings (SSSR count). The van der Waals surface area contributed by atoms with Crippen molar-refractivity contribution in [1.29, 1.82) is 0 Å². The Labute approximate surface area is 175 Å². The van der Waals surface area contributed by atoms with Gasteiger partial charge in [-0.2, -0.15) is 0 Å². The van der Waals surface area contributed by atoms with Gasteiger partial charge in [-0.25, -0.2) is 0 Å². The molecule has 2 aromatic carbocycles. The van der Waals surface area contributed by atoms with E-state index in [1.165, 1.54) is 55.2 Å². The van der Waals surface area contributed by atoms with Gasteiger partial charge in [-0.05, 0) is 55.3 Å². The Bertz CT molecular complexity index is 731. The van der Waals surface area contributed by atoms with Crippen molar-refractivity contribution in [3.05, 3.63) is 65.2 Å². The van der Waals surface area contributed by atoms with Crippen molar-refractivity contribution in [2.75, 3.05) is 13.7 Å². The molecule has 4 heteroatoms. The van der Waals surface area contributed by atoms with Crippen LogP contribution in [0.2, 0.25) is 0 Å². The zero-order chi connectivity index (χ0) is 18.5. The molecule has 2 aromatic rings. The Morgan fingerprint density at radius 2 is 1.75 bits per heavy atom. The number of methoxy groups -OCH3 is 1. The van der Waals surface area contributed by atoms with Crippen molar-refractivity contribution in [1.82, 2.24) is 10.6 Å². The fourth-order valence-corrected chi connectivity index (χ4v) is 4.81. The topological polar surface area (TPSA) is 33.3 Å². The second-order valence-electron chi connectivity index (χ2n) is 8.02. The highest BCUT2D eigenvalue weighted by atomic mass is 35.5. The third-order valence-electron chi connectivity index (χ3n) is 6.30. The summed E-state index contributed by atoms with van der Waals surface area (Å²) in [7, 11) is 1.78. The molecule has 28 heavy (non-hydrogen) atoms. The first-order chi connectivity index (χ1) is 13.3. The van der Waals surface area contributed by atoms with Crippen LogP contribution in [0.1, 0.15) is 67.2 Å². The Balaban J connectivity index is 0.00000225. The number of benzene rings is 2. The maximum Gasteiger partial charge on any atom is 0.123 e. The maximum atomic E-state index is 5.66. The molecule has 2 fully saturated rings. The molecule has 1 heterocycles. The van der Waals surface area contributed by atoms with Crippen LogP contribution >= 0.6 is 12.4 Å². The van der Waals surface area contributed by atoms with Crippen molar-refractivity contribution in [3.63, 3.8) is 0 Å². The summed E-state index contributed by atoms with van der Waals surface area (Å²) in [5, 5.41) is 7.55. The Morgan fingerprint density at radius 3 is 2.50 bits per heavy atom. The zero-order valence-electron chi connectivity index (χ0n) is 16.8. The average molecular weight is 401 g/mol. The lowest BCUT2D eigenvalue weighted by Gasteiger charge is -2.34. The average Bonchev–Trinajstić information content (AvgIpc) is 3.28. The van der Waals surface area contributed by atoms with Gasteiger partial charge >= 0.3 is 0 Å². The van der Waals surface area contributed by atoms with E-state index in [0.29, 0.717) is 12.1 Å². The van der Waals surface area contributed by atoms with Crippen LogP contribution < -0.4 is 15.4 Å². The Hall–Kier alpha value is -1.55. The second kappa shape index (κ2) is 10.3. The van der Waals surface area contributed by atoms with Gasteiger partial charge in [0.1, 0.15) is 5.75 Å². The van der Waals surface area contributed by atoms with Gasteiger partial charge in [0.2, 0.25) is 0 Å². The van der Waals surface area contributed by atoms with Crippen molar-refractivity contribution in [2.24, 2.45) is 0 Å². The van der Waals surface area contributed by atoms with Crippen LogP contribution in [0.3, 0.4) is 0 Å². The molecule has 0 aromatic heterocycles. The van der Waals surface area contributed by atoms with Gasteiger partial charge in [0.15, 0.2) is 0 Å². The highest BCUT2D eigenvalue weighted by Crippen LogP contribution is 2.36. The third kappa shape index (κ3) is 4.89. The van der Waals surface area contributed by atoms with Crippen LogP contribution in [0, 0.1) is 0 Å². The van der Waals surface area contributed by atoms with Gasteiger partial charge in [0.05, 0.1) is 7.11 Å². The minimum Gasteiger partial charge on any atom is -0.496 e. The molecule has 0 spiro atoms. The van der Waals surface area contributed by atoms with Crippen LogP contribution in [-0.2, 0) is 6.54 Å². The molecule has 1 saturated carbocycles. The van der Waals surface area contributed by atoms with E-state index in [4.69, 9.17) is 4.74 Å². The van der Waals surface area contributed by atoms with Crippen LogP contribution in [0.15, 0.2) is 48.5 Å². The summed E-state index contributed by atoms with van der Waals surface area (Å²) in [6.07, 6.45) is 7.84.